The first-order chi connectivity index (χ1) is 12.7. The van der Waals surface area contributed by atoms with Crippen LogP contribution in [0.15, 0.2) is 48.5 Å². The summed E-state index contributed by atoms with van der Waals surface area (Å²) in [7, 11) is 0. The van der Waals surface area contributed by atoms with Crippen LogP contribution in [0.4, 0.5) is 0 Å². The predicted molar refractivity (Wildman–Crippen MR) is 97.8 cm³/mol. The predicted octanol–water partition coefficient (Wildman–Crippen LogP) is 3.55. The van der Waals surface area contributed by atoms with E-state index in [1.165, 1.54) is 0 Å². The molecule has 4 heteroatoms. The molecule has 0 aromatic heterocycles. The molecule has 1 aliphatic carbocycles. The monoisotopic (exact) mass is 347 g/mol. The zero-order valence-electron chi connectivity index (χ0n) is 14.7. The van der Waals surface area contributed by atoms with Crippen molar-refractivity contribution < 1.29 is 14.2 Å². The van der Waals surface area contributed by atoms with Crippen molar-refractivity contribution >= 4 is 0 Å². The first-order valence-electron chi connectivity index (χ1n) is 9.13. The molecule has 4 nitrogen and oxygen atoms in total. The van der Waals surface area contributed by atoms with E-state index in [0.717, 1.165) is 41.9 Å². The van der Waals surface area contributed by atoms with Crippen molar-refractivity contribution in [2.75, 3.05) is 6.79 Å². The largest absolute Gasteiger partial charge is 0.454 e. The molecule has 0 amide bonds. The van der Waals surface area contributed by atoms with E-state index in [-0.39, 0.29) is 12.8 Å². The number of benzene rings is 2. The van der Waals surface area contributed by atoms with Gasteiger partial charge in [-0.3, -0.25) is 5.32 Å². The van der Waals surface area contributed by atoms with Gasteiger partial charge in [-0.15, -0.1) is 0 Å². The third kappa shape index (κ3) is 2.47. The Balaban J connectivity index is 1.46. The molecule has 1 saturated heterocycles. The molecule has 0 radical (unpaired) electrons. The Hall–Kier alpha value is -2.48. The van der Waals surface area contributed by atoms with Crippen LogP contribution in [0.25, 0.3) is 0 Å². The second kappa shape index (κ2) is 5.77. The minimum absolute atomic E-state index is 0.245. The fraction of sp³-hybridized carbons (Fsp3) is 0.364. The number of ether oxygens (including phenoxy) is 3. The molecule has 3 aliphatic rings. The Morgan fingerprint density at radius 3 is 2.81 bits per heavy atom. The van der Waals surface area contributed by atoms with E-state index < -0.39 is 11.3 Å². The molecule has 1 N–H and O–H groups in total. The number of hydrogen-bond donors (Lipinski definition) is 1. The van der Waals surface area contributed by atoms with Crippen molar-refractivity contribution in [3.05, 3.63) is 59.7 Å². The van der Waals surface area contributed by atoms with Crippen LogP contribution in [0.1, 0.15) is 37.3 Å². The third-order valence-corrected chi connectivity index (χ3v) is 5.56. The first kappa shape index (κ1) is 15.7. The Bertz CT molecular complexity index is 901. The molecule has 2 aromatic rings. The lowest BCUT2D eigenvalue weighted by molar-refractivity contribution is -0.0752. The van der Waals surface area contributed by atoms with Gasteiger partial charge in [0.1, 0.15) is 11.3 Å². The van der Waals surface area contributed by atoms with Crippen molar-refractivity contribution in [2.45, 2.75) is 43.6 Å². The number of hydrogen-bond acceptors (Lipinski definition) is 4. The van der Waals surface area contributed by atoms with Crippen molar-refractivity contribution in [3.63, 3.8) is 0 Å². The normalized spacial score (nSPS) is 31.3. The van der Waals surface area contributed by atoms with Gasteiger partial charge in [0.05, 0.1) is 6.04 Å². The summed E-state index contributed by atoms with van der Waals surface area (Å²) in [6.07, 6.45) is 3.15. The number of rotatable bonds is 1. The van der Waals surface area contributed by atoms with Gasteiger partial charge in [0.15, 0.2) is 11.5 Å². The van der Waals surface area contributed by atoms with E-state index in [1.54, 1.807) is 0 Å². The molecule has 3 atom stereocenters. The highest BCUT2D eigenvalue weighted by Gasteiger charge is 2.55. The lowest BCUT2D eigenvalue weighted by atomic mass is 9.98. The molecule has 2 aliphatic heterocycles. The molecular weight excluding hydrogens is 326 g/mol. The topological polar surface area (TPSA) is 39.7 Å². The van der Waals surface area contributed by atoms with E-state index in [0.29, 0.717) is 0 Å². The van der Waals surface area contributed by atoms with Gasteiger partial charge in [0.25, 0.3) is 0 Å². The highest BCUT2D eigenvalue weighted by Crippen LogP contribution is 2.45. The molecule has 1 saturated carbocycles. The van der Waals surface area contributed by atoms with E-state index in [4.69, 9.17) is 14.2 Å². The van der Waals surface area contributed by atoms with E-state index in [9.17, 15) is 0 Å². The zero-order valence-corrected chi connectivity index (χ0v) is 14.7. The molecule has 2 heterocycles. The van der Waals surface area contributed by atoms with Crippen LogP contribution >= 0.6 is 0 Å². The standard InChI is InChI=1S/C22H21NO3/c1-21(17-6-3-2-4-7-17)23-20-8-5-12-22(20,26-21)13-11-16-9-10-18-19(14-16)25-15-24-18/h2-4,6-7,9-10,14,20,23H,5,8,12,15H2,1H3/t20-,21-,22-/m0/s1. The summed E-state index contributed by atoms with van der Waals surface area (Å²) in [6.45, 7) is 2.38. The third-order valence-electron chi connectivity index (χ3n) is 5.56. The van der Waals surface area contributed by atoms with Gasteiger partial charge in [-0.2, -0.15) is 0 Å². The van der Waals surface area contributed by atoms with E-state index in [2.05, 4.69) is 36.2 Å². The smallest absolute Gasteiger partial charge is 0.231 e. The fourth-order valence-electron chi connectivity index (χ4n) is 4.24. The van der Waals surface area contributed by atoms with Crippen molar-refractivity contribution in [2.24, 2.45) is 0 Å². The molecular formula is C22H21NO3. The van der Waals surface area contributed by atoms with Crippen LogP contribution in [0.3, 0.4) is 0 Å². The number of fused-ring (bicyclic) bond motifs is 2. The number of nitrogens with one attached hydrogen (secondary N) is 1. The van der Waals surface area contributed by atoms with Crippen LogP contribution < -0.4 is 14.8 Å². The summed E-state index contributed by atoms with van der Waals surface area (Å²) in [6, 6.07) is 16.4. The van der Waals surface area contributed by atoms with Crippen LogP contribution in [0.2, 0.25) is 0 Å². The summed E-state index contributed by atoms with van der Waals surface area (Å²) < 4.78 is 17.4. The summed E-state index contributed by atoms with van der Waals surface area (Å²) in [5, 5.41) is 3.69. The first-order valence-corrected chi connectivity index (χ1v) is 9.13. The Labute approximate surface area is 153 Å². The van der Waals surface area contributed by atoms with Crippen LogP contribution in [0.5, 0.6) is 11.5 Å². The van der Waals surface area contributed by atoms with Gasteiger partial charge in [-0.05, 0) is 49.9 Å². The molecule has 26 heavy (non-hydrogen) atoms. The highest BCUT2D eigenvalue weighted by molar-refractivity contribution is 5.50. The minimum atomic E-state index is -0.504. The van der Waals surface area contributed by atoms with Crippen LogP contribution in [-0.4, -0.2) is 18.4 Å². The second-order valence-electron chi connectivity index (χ2n) is 7.30. The van der Waals surface area contributed by atoms with Crippen molar-refractivity contribution in [1.82, 2.24) is 5.32 Å². The summed E-state index contributed by atoms with van der Waals surface area (Å²) in [4.78, 5) is 0. The summed E-state index contributed by atoms with van der Waals surface area (Å²) >= 11 is 0. The molecule has 0 unspecified atom stereocenters. The average molecular weight is 347 g/mol. The van der Waals surface area contributed by atoms with Crippen LogP contribution in [0, 0.1) is 11.8 Å². The Kier molecular flexibility index (Phi) is 3.49. The average Bonchev–Trinajstić information content (AvgIpc) is 3.33. The highest BCUT2D eigenvalue weighted by atomic mass is 16.7. The Morgan fingerprint density at radius 1 is 1.08 bits per heavy atom. The summed E-state index contributed by atoms with van der Waals surface area (Å²) in [5.41, 5.74) is 1.11. The lowest BCUT2D eigenvalue weighted by Crippen LogP contribution is -2.39. The van der Waals surface area contributed by atoms with Gasteiger partial charge in [0, 0.05) is 5.56 Å². The summed E-state index contributed by atoms with van der Waals surface area (Å²) in [5.74, 6) is 8.32. The Morgan fingerprint density at radius 2 is 1.92 bits per heavy atom. The maximum atomic E-state index is 6.62. The second-order valence-corrected chi connectivity index (χ2v) is 7.30. The maximum Gasteiger partial charge on any atom is 0.231 e. The lowest BCUT2D eigenvalue weighted by Gasteiger charge is -2.28. The van der Waals surface area contributed by atoms with Crippen molar-refractivity contribution in [1.29, 1.82) is 0 Å². The molecule has 2 fully saturated rings. The minimum Gasteiger partial charge on any atom is -0.454 e. The van der Waals surface area contributed by atoms with Gasteiger partial charge in [-0.1, -0.05) is 42.2 Å². The van der Waals surface area contributed by atoms with Crippen molar-refractivity contribution in [3.8, 4) is 23.3 Å². The van der Waals surface area contributed by atoms with Gasteiger partial charge in [-0.25, -0.2) is 0 Å². The quantitative estimate of drug-likeness (QED) is 0.801. The SMILES string of the molecule is C[C@]1(c2ccccc2)N[C@H]2CCC[C@@]2(C#Cc2ccc3c(c2)OCO3)O1. The van der Waals surface area contributed by atoms with Gasteiger partial charge < -0.3 is 14.2 Å². The molecule has 132 valence electrons. The molecule has 2 aromatic carbocycles. The zero-order chi connectivity index (χ0) is 17.6. The van der Waals surface area contributed by atoms with E-state index in [1.807, 2.05) is 36.4 Å². The van der Waals surface area contributed by atoms with Crippen LogP contribution in [-0.2, 0) is 10.5 Å². The van der Waals surface area contributed by atoms with Gasteiger partial charge >= 0.3 is 0 Å². The van der Waals surface area contributed by atoms with Gasteiger partial charge in [0.2, 0.25) is 6.79 Å². The molecule has 0 bridgehead atoms. The maximum absolute atomic E-state index is 6.62. The van der Waals surface area contributed by atoms with E-state index >= 15 is 0 Å². The molecule has 5 rings (SSSR count). The molecule has 0 spiro atoms. The fourth-order valence-corrected chi connectivity index (χ4v) is 4.24.